The normalized spacial score (nSPS) is 10.8. The van der Waals surface area contributed by atoms with Crippen LogP contribution in [0.3, 0.4) is 0 Å². The van der Waals surface area contributed by atoms with Crippen molar-refractivity contribution in [3.05, 3.63) is 53.5 Å². The first-order valence-corrected chi connectivity index (χ1v) is 7.19. The highest BCUT2D eigenvalue weighted by atomic mass is 32.1. The Hall–Kier alpha value is -1.94. The van der Waals surface area contributed by atoms with Crippen molar-refractivity contribution >= 4 is 28.3 Å². The number of rotatable bonds is 4. The summed E-state index contributed by atoms with van der Waals surface area (Å²) in [6, 6.07) is 12.5. The molecule has 0 unspecified atom stereocenters. The SMILES string of the molecule is CCN(Cc1cnc2ccccc2c1)c1ccsn1. The van der Waals surface area contributed by atoms with E-state index >= 15 is 0 Å². The Bertz CT molecular complexity index is 664. The molecule has 19 heavy (non-hydrogen) atoms. The molecule has 0 radical (unpaired) electrons. The van der Waals surface area contributed by atoms with Gasteiger partial charge in [-0.05, 0) is 42.2 Å². The molecular weight excluding hydrogens is 254 g/mol. The van der Waals surface area contributed by atoms with Crippen LogP contribution in [-0.4, -0.2) is 15.9 Å². The summed E-state index contributed by atoms with van der Waals surface area (Å²) in [5.41, 5.74) is 2.26. The van der Waals surface area contributed by atoms with Gasteiger partial charge in [0.2, 0.25) is 0 Å². The Morgan fingerprint density at radius 3 is 2.89 bits per heavy atom. The van der Waals surface area contributed by atoms with E-state index in [1.807, 2.05) is 29.8 Å². The summed E-state index contributed by atoms with van der Waals surface area (Å²) in [4.78, 5) is 6.76. The van der Waals surface area contributed by atoms with Gasteiger partial charge in [-0.1, -0.05) is 18.2 Å². The lowest BCUT2D eigenvalue weighted by Crippen LogP contribution is -2.22. The van der Waals surface area contributed by atoms with E-state index in [2.05, 4.69) is 39.4 Å². The van der Waals surface area contributed by atoms with Gasteiger partial charge in [0, 0.05) is 30.1 Å². The first-order valence-electron chi connectivity index (χ1n) is 6.36. The molecule has 0 fully saturated rings. The topological polar surface area (TPSA) is 29.0 Å². The molecule has 0 aliphatic rings. The van der Waals surface area contributed by atoms with Crippen molar-refractivity contribution in [2.24, 2.45) is 0 Å². The van der Waals surface area contributed by atoms with Crippen LogP contribution in [-0.2, 0) is 6.54 Å². The van der Waals surface area contributed by atoms with E-state index in [1.165, 1.54) is 22.5 Å². The molecule has 0 aliphatic heterocycles. The zero-order chi connectivity index (χ0) is 13.1. The summed E-state index contributed by atoms with van der Waals surface area (Å²) in [7, 11) is 0. The zero-order valence-corrected chi connectivity index (χ0v) is 11.6. The largest absolute Gasteiger partial charge is 0.352 e. The molecule has 1 aromatic carbocycles. The Kier molecular flexibility index (Phi) is 3.42. The van der Waals surface area contributed by atoms with E-state index in [0.717, 1.165) is 24.4 Å². The summed E-state index contributed by atoms with van der Waals surface area (Å²) in [5.74, 6) is 1.04. The fraction of sp³-hybridized carbons (Fsp3) is 0.200. The van der Waals surface area contributed by atoms with Gasteiger partial charge in [0.15, 0.2) is 0 Å². The highest BCUT2D eigenvalue weighted by Crippen LogP contribution is 2.18. The van der Waals surface area contributed by atoms with Crippen molar-refractivity contribution in [2.75, 3.05) is 11.4 Å². The number of anilines is 1. The standard InChI is InChI=1S/C15H15N3S/c1-2-18(15-7-8-19-17-15)11-12-9-13-5-3-4-6-14(13)16-10-12/h3-10H,2,11H2,1H3. The molecule has 0 amide bonds. The molecule has 0 spiro atoms. The molecule has 3 rings (SSSR count). The summed E-state index contributed by atoms with van der Waals surface area (Å²) in [6.07, 6.45) is 1.96. The van der Waals surface area contributed by atoms with Crippen LogP contribution in [0.2, 0.25) is 0 Å². The van der Waals surface area contributed by atoms with Gasteiger partial charge in [-0.2, -0.15) is 4.37 Å². The van der Waals surface area contributed by atoms with Crippen LogP contribution < -0.4 is 4.90 Å². The third kappa shape index (κ3) is 2.58. The van der Waals surface area contributed by atoms with Crippen molar-refractivity contribution < 1.29 is 0 Å². The van der Waals surface area contributed by atoms with Gasteiger partial charge in [0.05, 0.1) is 5.52 Å². The molecule has 2 heterocycles. The molecule has 3 aromatic rings. The lowest BCUT2D eigenvalue weighted by Gasteiger charge is -2.20. The molecule has 0 bridgehead atoms. The Morgan fingerprint density at radius 2 is 2.11 bits per heavy atom. The maximum Gasteiger partial charge on any atom is 0.142 e. The molecule has 96 valence electrons. The number of aromatic nitrogens is 2. The molecular formula is C15H15N3S. The number of hydrogen-bond donors (Lipinski definition) is 0. The first-order chi connectivity index (χ1) is 9.36. The number of nitrogens with zero attached hydrogens (tertiary/aromatic N) is 3. The average Bonchev–Trinajstić information content (AvgIpc) is 2.98. The lowest BCUT2D eigenvalue weighted by molar-refractivity contribution is 0.819. The Balaban J connectivity index is 1.88. The quantitative estimate of drug-likeness (QED) is 0.723. The van der Waals surface area contributed by atoms with E-state index in [0.29, 0.717) is 0 Å². The monoisotopic (exact) mass is 269 g/mol. The van der Waals surface area contributed by atoms with E-state index in [1.54, 1.807) is 0 Å². The van der Waals surface area contributed by atoms with Crippen LogP contribution in [0.4, 0.5) is 5.82 Å². The zero-order valence-electron chi connectivity index (χ0n) is 10.8. The molecule has 0 saturated heterocycles. The fourth-order valence-electron chi connectivity index (χ4n) is 2.15. The molecule has 0 aliphatic carbocycles. The molecule has 0 N–H and O–H groups in total. The van der Waals surface area contributed by atoms with Crippen molar-refractivity contribution in [1.82, 2.24) is 9.36 Å². The summed E-state index contributed by atoms with van der Waals surface area (Å²) in [6.45, 7) is 3.93. The highest BCUT2D eigenvalue weighted by molar-refractivity contribution is 7.03. The highest BCUT2D eigenvalue weighted by Gasteiger charge is 2.07. The summed E-state index contributed by atoms with van der Waals surface area (Å²) < 4.78 is 4.39. The second-order valence-electron chi connectivity index (χ2n) is 4.41. The van der Waals surface area contributed by atoms with E-state index in [-0.39, 0.29) is 0 Å². The predicted molar refractivity (Wildman–Crippen MR) is 80.6 cm³/mol. The first kappa shape index (κ1) is 12.1. The molecule has 4 heteroatoms. The number of hydrogen-bond acceptors (Lipinski definition) is 4. The van der Waals surface area contributed by atoms with E-state index in [9.17, 15) is 0 Å². The van der Waals surface area contributed by atoms with Gasteiger partial charge in [0.25, 0.3) is 0 Å². The minimum Gasteiger partial charge on any atom is -0.352 e. The second kappa shape index (κ2) is 5.36. The second-order valence-corrected chi connectivity index (χ2v) is 5.07. The third-order valence-corrected chi connectivity index (χ3v) is 3.70. The maximum absolute atomic E-state index is 4.51. The van der Waals surface area contributed by atoms with E-state index in [4.69, 9.17) is 0 Å². The summed E-state index contributed by atoms with van der Waals surface area (Å²) in [5, 5.41) is 3.20. The molecule has 0 atom stereocenters. The van der Waals surface area contributed by atoms with Crippen molar-refractivity contribution in [3.8, 4) is 0 Å². The smallest absolute Gasteiger partial charge is 0.142 e. The van der Waals surface area contributed by atoms with Gasteiger partial charge in [-0.3, -0.25) is 4.98 Å². The number of para-hydroxylation sites is 1. The van der Waals surface area contributed by atoms with Gasteiger partial charge < -0.3 is 4.90 Å². The average molecular weight is 269 g/mol. The van der Waals surface area contributed by atoms with Crippen LogP contribution in [0, 0.1) is 0 Å². The number of benzene rings is 1. The lowest BCUT2D eigenvalue weighted by atomic mass is 10.1. The fourth-order valence-corrected chi connectivity index (χ4v) is 2.68. The van der Waals surface area contributed by atoms with Gasteiger partial charge >= 0.3 is 0 Å². The molecule has 0 saturated carbocycles. The van der Waals surface area contributed by atoms with E-state index < -0.39 is 0 Å². The minimum absolute atomic E-state index is 0.845. The van der Waals surface area contributed by atoms with Gasteiger partial charge in [-0.15, -0.1) is 0 Å². The van der Waals surface area contributed by atoms with Crippen LogP contribution in [0.1, 0.15) is 12.5 Å². The predicted octanol–water partition coefficient (Wildman–Crippen LogP) is 3.72. The Labute approximate surface area is 116 Å². The van der Waals surface area contributed by atoms with Gasteiger partial charge in [0.1, 0.15) is 5.82 Å². The van der Waals surface area contributed by atoms with Crippen LogP contribution in [0.15, 0.2) is 48.0 Å². The van der Waals surface area contributed by atoms with Crippen molar-refractivity contribution in [3.63, 3.8) is 0 Å². The number of fused-ring (bicyclic) bond motifs is 1. The van der Waals surface area contributed by atoms with Gasteiger partial charge in [-0.25, -0.2) is 0 Å². The van der Waals surface area contributed by atoms with Crippen molar-refractivity contribution in [1.29, 1.82) is 0 Å². The van der Waals surface area contributed by atoms with Crippen LogP contribution in [0.5, 0.6) is 0 Å². The third-order valence-electron chi connectivity index (χ3n) is 3.15. The van der Waals surface area contributed by atoms with Crippen LogP contribution >= 0.6 is 11.5 Å². The maximum atomic E-state index is 4.51. The van der Waals surface area contributed by atoms with Crippen molar-refractivity contribution in [2.45, 2.75) is 13.5 Å². The Morgan fingerprint density at radius 1 is 1.21 bits per heavy atom. The minimum atomic E-state index is 0.845. The van der Waals surface area contributed by atoms with Crippen LogP contribution in [0.25, 0.3) is 10.9 Å². The number of pyridine rings is 1. The summed E-state index contributed by atoms with van der Waals surface area (Å²) >= 11 is 1.49. The molecule has 3 nitrogen and oxygen atoms in total. The molecule has 2 aromatic heterocycles.